The van der Waals surface area contributed by atoms with Gasteiger partial charge < -0.3 is 10.1 Å². The van der Waals surface area contributed by atoms with Crippen LogP contribution in [0.15, 0.2) is 29.6 Å². The Hall–Kier alpha value is -1.95. The van der Waals surface area contributed by atoms with Gasteiger partial charge in [-0.05, 0) is 30.0 Å². The van der Waals surface area contributed by atoms with E-state index in [1.807, 2.05) is 0 Å². The molecule has 6 heteroatoms. The molecule has 118 valence electrons. The Bertz CT molecular complexity index is 643. The van der Waals surface area contributed by atoms with Gasteiger partial charge in [0.2, 0.25) is 0 Å². The van der Waals surface area contributed by atoms with Crippen LogP contribution in [0.5, 0.6) is 5.75 Å². The summed E-state index contributed by atoms with van der Waals surface area (Å²) in [4.78, 5) is 12.4. The van der Waals surface area contributed by atoms with E-state index in [4.69, 9.17) is 4.74 Å². The smallest absolute Gasteiger partial charge is 0.261 e. The van der Waals surface area contributed by atoms with E-state index in [2.05, 4.69) is 12.2 Å². The van der Waals surface area contributed by atoms with Crippen LogP contribution in [0.25, 0.3) is 0 Å². The first-order valence-corrected chi connectivity index (χ1v) is 7.91. The van der Waals surface area contributed by atoms with Crippen LogP contribution in [0.4, 0.5) is 8.78 Å². The zero-order chi connectivity index (χ0) is 15.9. The second-order valence-electron chi connectivity index (χ2n) is 4.79. The maximum Gasteiger partial charge on any atom is 0.261 e. The van der Waals surface area contributed by atoms with Crippen LogP contribution in [-0.2, 0) is 6.61 Å². The number of nitrogens with one attached hydrogen (secondary N) is 1. The molecule has 0 saturated heterocycles. The van der Waals surface area contributed by atoms with E-state index in [1.54, 1.807) is 11.4 Å². The maximum absolute atomic E-state index is 13.4. The third-order valence-electron chi connectivity index (χ3n) is 2.98. The van der Waals surface area contributed by atoms with Crippen LogP contribution in [0.1, 0.15) is 35.0 Å². The predicted molar refractivity (Wildman–Crippen MR) is 82.3 cm³/mol. The highest BCUT2D eigenvalue weighted by Gasteiger charge is 2.10. The predicted octanol–water partition coefficient (Wildman–Crippen LogP) is 4.14. The lowest BCUT2D eigenvalue weighted by molar-refractivity contribution is 0.0957. The van der Waals surface area contributed by atoms with Crippen molar-refractivity contribution in [2.24, 2.45) is 0 Å². The number of amides is 1. The van der Waals surface area contributed by atoms with E-state index in [-0.39, 0.29) is 18.3 Å². The van der Waals surface area contributed by atoms with Crippen LogP contribution in [-0.4, -0.2) is 12.5 Å². The van der Waals surface area contributed by atoms with Crippen molar-refractivity contribution < 1.29 is 18.3 Å². The summed E-state index contributed by atoms with van der Waals surface area (Å²) in [6.45, 7) is 2.84. The molecule has 0 aliphatic heterocycles. The van der Waals surface area contributed by atoms with Gasteiger partial charge in [0, 0.05) is 18.2 Å². The normalized spacial score (nSPS) is 10.5. The Morgan fingerprint density at radius 3 is 2.86 bits per heavy atom. The second kappa shape index (κ2) is 7.89. The molecule has 1 aromatic heterocycles. The third-order valence-corrected chi connectivity index (χ3v) is 3.96. The van der Waals surface area contributed by atoms with E-state index in [9.17, 15) is 13.6 Å². The van der Waals surface area contributed by atoms with Crippen LogP contribution in [0, 0.1) is 11.6 Å². The van der Waals surface area contributed by atoms with Crippen molar-refractivity contribution in [2.75, 3.05) is 6.54 Å². The fraction of sp³-hybridized carbons (Fsp3) is 0.312. The molecule has 0 aliphatic rings. The minimum Gasteiger partial charge on any atom is -0.486 e. The molecule has 0 spiro atoms. The molecule has 22 heavy (non-hydrogen) atoms. The van der Waals surface area contributed by atoms with Gasteiger partial charge in [0.15, 0.2) is 11.6 Å². The Balaban J connectivity index is 1.90. The van der Waals surface area contributed by atoms with Crippen LogP contribution in [0.2, 0.25) is 0 Å². The van der Waals surface area contributed by atoms with E-state index in [0.717, 1.165) is 30.5 Å². The molecule has 0 radical (unpaired) electrons. The Labute approximate surface area is 131 Å². The van der Waals surface area contributed by atoms with Crippen molar-refractivity contribution in [1.82, 2.24) is 5.32 Å². The first-order valence-electron chi connectivity index (χ1n) is 7.03. The number of rotatable bonds is 7. The van der Waals surface area contributed by atoms with E-state index < -0.39 is 11.6 Å². The van der Waals surface area contributed by atoms with Crippen molar-refractivity contribution in [2.45, 2.75) is 26.4 Å². The molecular formula is C16H17F2NO2S. The largest absolute Gasteiger partial charge is 0.486 e. The summed E-state index contributed by atoms with van der Waals surface area (Å²) >= 11 is 1.31. The zero-order valence-corrected chi connectivity index (χ0v) is 13.0. The SMILES string of the molecule is CCCCNC(=O)c1cc(COc2ccc(F)cc2F)cs1. The number of carbonyl (C=O) groups is 1. The molecule has 1 amide bonds. The maximum atomic E-state index is 13.4. The van der Waals surface area contributed by atoms with Gasteiger partial charge in [-0.15, -0.1) is 11.3 Å². The van der Waals surface area contributed by atoms with Crippen LogP contribution in [0.3, 0.4) is 0 Å². The summed E-state index contributed by atoms with van der Waals surface area (Å²) in [6.07, 6.45) is 1.96. The summed E-state index contributed by atoms with van der Waals surface area (Å²) < 4.78 is 31.5. The standard InChI is InChI=1S/C16H17F2NO2S/c1-2-3-6-19-16(20)15-7-11(10-22-15)9-21-14-5-4-12(17)8-13(14)18/h4-5,7-8,10H,2-3,6,9H2,1H3,(H,19,20). The molecule has 0 fully saturated rings. The first-order chi connectivity index (χ1) is 10.6. The van der Waals surface area contributed by atoms with Crippen molar-refractivity contribution >= 4 is 17.2 Å². The molecular weight excluding hydrogens is 308 g/mol. The molecule has 0 aliphatic carbocycles. The van der Waals surface area contributed by atoms with Crippen molar-refractivity contribution in [3.8, 4) is 5.75 Å². The van der Waals surface area contributed by atoms with E-state index in [0.29, 0.717) is 11.4 Å². The lowest BCUT2D eigenvalue weighted by Crippen LogP contribution is -2.23. The van der Waals surface area contributed by atoms with E-state index in [1.165, 1.54) is 17.4 Å². The quantitative estimate of drug-likeness (QED) is 0.777. The molecule has 2 aromatic rings. The Morgan fingerprint density at radius 2 is 2.14 bits per heavy atom. The van der Waals surface area contributed by atoms with Crippen molar-refractivity contribution in [3.05, 3.63) is 51.7 Å². The summed E-state index contributed by atoms with van der Waals surface area (Å²) in [5.41, 5.74) is 0.773. The summed E-state index contributed by atoms with van der Waals surface area (Å²) in [5.74, 6) is -1.52. The third kappa shape index (κ3) is 4.53. The minimum atomic E-state index is -0.743. The molecule has 0 saturated carbocycles. The Morgan fingerprint density at radius 1 is 1.32 bits per heavy atom. The second-order valence-corrected chi connectivity index (χ2v) is 5.70. The highest BCUT2D eigenvalue weighted by Crippen LogP contribution is 2.21. The lowest BCUT2D eigenvalue weighted by atomic mass is 10.3. The van der Waals surface area contributed by atoms with Gasteiger partial charge in [0.05, 0.1) is 4.88 Å². The van der Waals surface area contributed by atoms with Gasteiger partial charge in [0.25, 0.3) is 5.91 Å². The molecule has 0 atom stereocenters. The van der Waals surface area contributed by atoms with Gasteiger partial charge in [0.1, 0.15) is 12.4 Å². The summed E-state index contributed by atoms with van der Waals surface area (Å²) in [5, 5.41) is 4.62. The van der Waals surface area contributed by atoms with Crippen molar-refractivity contribution in [1.29, 1.82) is 0 Å². The fourth-order valence-corrected chi connectivity index (χ4v) is 2.60. The molecule has 1 heterocycles. The Kier molecular flexibility index (Phi) is 5.89. The highest BCUT2D eigenvalue weighted by molar-refractivity contribution is 7.12. The van der Waals surface area contributed by atoms with Crippen LogP contribution >= 0.6 is 11.3 Å². The topological polar surface area (TPSA) is 38.3 Å². The minimum absolute atomic E-state index is 0.0125. The number of hydrogen-bond donors (Lipinski definition) is 1. The van der Waals surface area contributed by atoms with Crippen molar-refractivity contribution in [3.63, 3.8) is 0 Å². The molecule has 0 unspecified atom stereocenters. The molecule has 3 nitrogen and oxygen atoms in total. The van der Waals surface area contributed by atoms with Crippen LogP contribution < -0.4 is 10.1 Å². The average Bonchev–Trinajstić information content (AvgIpc) is 2.95. The van der Waals surface area contributed by atoms with Gasteiger partial charge in [-0.25, -0.2) is 8.78 Å². The summed E-state index contributed by atoms with van der Waals surface area (Å²) in [7, 11) is 0. The average molecular weight is 325 g/mol. The monoisotopic (exact) mass is 325 g/mol. The lowest BCUT2D eigenvalue weighted by Gasteiger charge is -2.05. The molecule has 1 aromatic carbocycles. The van der Waals surface area contributed by atoms with E-state index >= 15 is 0 Å². The van der Waals surface area contributed by atoms with Gasteiger partial charge >= 0.3 is 0 Å². The number of halogens is 2. The number of thiophene rings is 1. The van der Waals surface area contributed by atoms with Gasteiger partial charge in [-0.2, -0.15) is 0 Å². The first kappa shape index (κ1) is 16.4. The molecule has 0 bridgehead atoms. The fourth-order valence-electron chi connectivity index (χ4n) is 1.79. The number of benzene rings is 1. The zero-order valence-electron chi connectivity index (χ0n) is 12.2. The molecule has 1 N–H and O–H groups in total. The number of hydrogen-bond acceptors (Lipinski definition) is 3. The molecule has 2 rings (SSSR count). The highest BCUT2D eigenvalue weighted by atomic mass is 32.1. The number of carbonyl (C=O) groups excluding carboxylic acids is 1. The number of ether oxygens (including phenoxy) is 1. The van der Waals surface area contributed by atoms with Gasteiger partial charge in [-0.1, -0.05) is 13.3 Å². The van der Waals surface area contributed by atoms with Gasteiger partial charge in [-0.3, -0.25) is 4.79 Å². The number of unbranched alkanes of at least 4 members (excludes halogenated alkanes) is 1. The summed E-state index contributed by atoms with van der Waals surface area (Å²) in [6, 6.07) is 4.87.